The molecule has 8 nitrogen and oxygen atoms in total. The highest BCUT2D eigenvalue weighted by Gasteiger charge is 2.35. The van der Waals surface area contributed by atoms with Crippen LogP contribution in [-0.2, 0) is 19.0 Å². The van der Waals surface area contributed by atoms with Crippen molar-refractivity contribution in [2.24, 2.45) is 4.99 Å². The van der Waals surface area contributed by atoms with Crippen molar-refractivity contribution >= 4 is 18.3 Å². The highest BCUT2D eigenvalue weighted by molar-refractivity contribution is 5.81. The van der Waals surface area contributed by atoms with Gasteiger partial charge in [-0.3, -0.25) is 10.3 Å². The van der Waals surface area contributed by atoms with E-state index in [1.54, 1.807) is 19.3 Å². The number of carbonyl (C=O) groups excluding carboxylic acids is 2. The van der Waals surface area contributed by atoms with Gasteiger partial charge in [0.05, 0.1) is 25.5 Å². The number of ether oxygens (including phenoxy) is 3. The minimum Gasteiger partial charge on any atom is -0.435 e. The van der Waals surface area contributed by atoms with Crippen LogP contribution in [0.4, 0.5) is 4.79 Å². The zero-order chi connectivity index (χ0) is 14.5. The Morgan fingerprint density at radius 1 is 1.55 bits per heavy atom. The number of hydrogen-bond acceptors (Lipinski definition) is 8. The van der Waals surface area contributed by atoms with E-state index < -0.39 is 24.5 Å². The lowest BCUT2D eigenvalue weighted by molar-refractivity contribution is -0.169. The number of fused-ring (bicyclic) bond motifs is 1. The van der Waals surface area contributed by atoms with Gasteiger partial charge in [-0.1, -0.05) is 0 Å². The van der Waals surface area contributed by atoms with Crippen LogP contribution in [0.1, 0.15) is 13.8 Å². The van der Waals surface area contributed by atoms with E-state index in [0.29, 0.717) is 13.2 Å². The molecule has 8 heteroatoms. The summed E-state index contributed by atoms with van der Waals surface area (Å²) in [6.07, 6.45) is 1.50. The standard InChI is InChI=1S/C12H17N3O5/c1-3-18-12(17)20-8(2)19-11(16)10-9-6-13-4-5-15(9)7-14-10/h4,6,8,10,14H,3,5,7H2,1-2H3. The molecule has 2 aliphatic rings. The van der Waals surface area contributed by atoms with Crippen molar-refractivity contribution in [3.05, 3.63) is 11.9 Å². The fourth-order valence-electron chi connectivity index (χ4n) is 1.93. The topological polar surface area (TPSA) is 89.5 Å². The van der Waals surface area contributed by atoms with Crippen molar-refractivity contribution in [2.45, 2.75) is 26.2 Å². The van der Waals surface area contributed by atoms with Crippen LogP contribution >= 0.6 is 0 Å². The SMILES string of the molecule is CCOC(=O)OC(C)OC(=O)C1NCN2CC=NC=C12. The number of carbonyl (C=O) groups is 2. The fourth-order valence-corrected chi connectivity index (χ4v) is 1.93. The van der Waals surface area contributed by atoms with Gasteiger partial charge >= 0.3 is 12.1 Å². The van der Waals surface area contributed by atoms with E-state index >= 15 is 0 Å². The monoisotopic (exact) mass is 283 g/mol. The molecular formula is C12H17N3O5. The Morgan fingerprint density at radius 2 is 2.35 bits per heavy atom. The molecular weight excluding hydrogens is 266 g/mol. The van der Waals surface area contributed by atoms with Gasteiger partial charge in [-0.2, -0.15) is 0 Å². The van der Waals surface area contributed by atoms with Gasteiger partial charge in [-0.05, 0) is 6.92 Å². The van der Waals surface area contributed by atoms with Gasteiger partial charge in [-0.15, -0.1) is 0 Å². The molecule has 2 rings (SSSR count). The summed E-state index contributed by atoms with van der Waals surface area (Å²) in [7, 11) is 0. The molecule has 2 aliphatic heterocycles. The Kier molecular flexibility index (Phi) is 4.57. The van der Waals surface area contributed by atoms with Crippen LogP contribution < -0.4 is 5.32 Å². The van der Waals surface area contributed by atoms with Crippen molar-refractivity contribution in [3.63, 3.8) is 0 Å². The maximum absolute atomic E-state index is 12.0. The van der Waals surface area contributed by atoms with Gasteiger partial charge in [0.15, 0.2) is 0 Å². The third kappa shape index (κ3) is 3.27. The lowest BCUT2D eigenvalue weighted by Gasteiger charge is -2.21. The second-order valence-electron chi connectivity index (χ2n) is 4.21. The normalized spacial score (nSPS) is 21.8. The predicted molar refractivity (Wildman–Crippen MR) is 68.7 cm³/mol. The van der Waals surface area contributed by atoms with Crippen LogP contribution in [-0.4, -0.2) is 55.4 Å². The molecule has 1 N–H and O–H groups in total. The highest BCUT2D eigenvalue weighted by Crippen LogP contribution is 2.19. The second kappa shape index (κ2) is 6.38. The summed E-state index contributed by atoms with van der Waals surface area (Å²) in [6.45, 7) is 4.51. The van der Waals surface area contributed by atoms with E-state index in [1.807, 2.05) is 4.90 Å². The average Bonchev–Trinajstić information content (AvgIpc) is 2.82. The smallest absolute Gasteiger partial charge is 0.435 e. The van der Waals surface area contributed by atoms with E-state index in [-0.39, 0.29) is 6.61 Å². The Balaban J connectivity index is 1.87. The largest absolute Gasteiger partial charge is 0.511 e. The van der Waals surface area contributed by atoms with Crippen molar-refractivity contribution in [1.82, 2.24) is 10.2 Å². The lowest BCUT2D eigenvalue weighted by Crippen LogP contribution is -2.36. The average molecular weight is 283 g/mol. The summed E-state index contributed by atoms with van der Waals surface area (Å²) in [5, 5.41) is 3.01. The lowest BCUT2D eigenvalue weighted by atomic mass is 10.2. The first-order chi connectivity index (χ1) is 9.61. The van der Waals surface area contributed by atoms with Crippen molar-refractivity contribution in [3.8, 4) is 0 Å². The molecule has 20 heavy (non-hydrogen) atoms. The Hall–Kier alpha value is -2.09. The molecule has 0 saturated carbocycles. The number of hydrogen-bond donors (Lipinski definition) is 1. The van der Waals surface area contributed by atoms with Gasteiger partial charge < -0.3 is 19.1 Å². The van der Waals surface area contributed by atoms with Crippen molar-refractivity contribution in [2.75, 3.05) is 19.8 Å². The molecule has 1 saturated heterocycles. The van der Waals surface area contributed by atoms with E-state index in [9.17, 15) is 9.59 Å². The van der Waals surface area contributed by atoms with Crippen LogP contribution in [0.2, 0.25) is 0 Å². The summed E-state index contributed by atoms with van der Waals surface area (Å²) in [4.78, 5) is 29.1. The molecule has 0 bridgehead atoms. The number of aliphatic imine (C=N–C) groups is 1. The predicted octanol–water partition coefficient (Wildman–Crippen LogP) is 0.206. The van der Waals surface area contributed by atoms with Crippen LogP contribution in [0.15, 0.2) is 16.9 Å². The Morgan fingerprint density at radius 3 is 3.10 bits per heavy atom. The highest BCUT2D eigenvalue weighted by atomic mass is 16.8. The van der Waals surface area contributed by atoms with Crippen molar-refractivity contribution in [1.29, 1.82) is 0 Å². The van der Waals surface area contributed by atoms with Gasteiger partial charge in [0.2, 0.25) is 6.29 Å². The minimum absolute atomic E-state index is 0.198. The molecule has 0 aliphatic carbocycles. The molecule has 1 fully saturated rings. The molecule has 2 unspecified atom stereocenters. The van der Waals surface area contributed by atoms with Crippen LogP contribution in [0.25, 0.3) is 0 Å². The summed E-state index contributed by atoms with van der Waals surface area (Å²) in [6, 6.07) is -0.597. The first-order valence-electron chi connectivity index (χ1n) is 6.35. The van der Waals surface area contributed by atoms with Gasteiger partial charge in [-0.25, -0.2) is 9.59 Å². The van der Waals surface area contributed by atoms with Gasteiger partial charge in [0.25, 0.3) is 0 Å². The molecule has 2 heterocycles. The summed E-state index contributed by atoms with van der Waals surface area (Å²) >= 11 is 0. The zero-order valence-corrected chi connectivity index (χ0v) is 11.4. The first-order valence-corrected chi connectivity index (χ1v) is 6.35. The Bertz CT molecular complexity index is 448. The number of rotatable bonds is 4. The molecule has 110 valence electrons. The minimum atomic E-state index is -1.01. The quantitative estimate of drug-likeness (QED) is 0.582. The molecule has 0 aromatic carbocycles. The van der Waals surface area contributed by atoms with E-state index in [4.69, 9.17) is 9.47 Å². The maximum atomic E-state index is 12.0. The van der Waals surface area contributed by atoms with Crippen LogP contribution in [0, 0.1) is 0 Å². The van der Waals surface area contributed by atoms with Crippen LogP contribution in [0.5, 0.6) is 0 Å². The van der Waals surface area contributed by atoms with E-state index in [0.717, 1.165) is 5.70 Å². The summed E-state index contributed by atoms with van der Waals surface area (Å²) in [5.74, 6) is -0.521. The van der Waals surface area contributed by atoms with Crippen LogP contribution in [0.3, 0.4) is 0 Å². The van der Waals surface area contributed by atoms with E-state index in [1.165, 1.54) is 6.92 Å². The van der Waals surface area contributed by atoms with Gasteiger partial charge in [0, 0.05) is 19.3 Å². The first kappa shape index (κ1) is 14.3. The van der Waals surface area contributed by atoms with Gasteiger partial charge in [0.1, 0.15) is 6.04 Å². The summed E-state index contributed by atoms with van der Waals surface area (Å²) in [5.41, 5.74) is 0.751. The third-order valence-electron chi connectivity index (χ3n) is 2.80. The molecule has 2 atom stereocenters. The Labute approximate surface area is 116 Å². The molecule has 0 amide bonds. The molecule has 0 aromatic heterocycles. The van der Waals surface area contributed by atoms with E-state index in [2.05, 4.69) is 15.0 Å². The second-order valence-corrected chi connectivity index (χ2v) is 4.21. The fraction of sp³-hybridized carbons (Fsp3) is 0.583. The summed E-state index contributed by atoms with van der Waals surface area (Å²) < 4.78 is 14.4. The molecule has 0 radical (unpaired) electrons. The number of nitrogens with zero attached hydrogens (tertiary/aromatic N) is 2. The van der Waals surface area contributed by atoms with Crippen molar-refractivity contribution < 1.29 is 23.8 Å². The maximum Gasteiger partial charge on any atom is 0.511 e. The molecule has 0 aromatic rings. The molecule has 0 spiro atoms. The zero-order valence-electron chi connectivity index (χ0n) is 11.4. The number of esters is 1. The third-order valence-corrected chi connectivity index (χ3v) is 2.80. The number of nitrogens with one attached hydrogen (secondary N) is 1.